The quantitative estimate of drug-likeness (QED) is 0.257. The second kappa shape index (κ2) is 12.0. The number of H-pyrrole nitrogens is 1. The SMILES string of the molecule is COc1ccc2[nH]c3c(c2c1)CCN(C(=O)COc1ccc(Cl)cc1)[C@@H]3c1ccc(OCCCN(C)C)cc1. The maximum absolute atomic E-state index is 13.6. The first-order valence-electron chi connectivity index (χ1n) is 13.2. The van der Waals surface area contributed by atoms with Gasteiger partial charge in [0.1, 0.15) is 17.2 Å². The van der Waals surface area contributed by atoms with Crippen molar-refractivity contribution in [3.8, 4) is 17.2 Å². The molecule has 204 valence electrons. The van der Waals surface area contributed by atoms with Crippen LogP contribution >= 0.6 is 11.6 Å². The highest BCUT2D eigenvalue weighted by Gasteiger charge is 2.34. The summed E-state index contributed by atoms with van der Waals surface area (Å²) in [6, 6.07) is 20.9. The van der Waals surface area contributed by atoms with E-state index in [2.05, 4.69) is 30.0 Å². The van der Waals surface area contributed by atoms with E-state index in [1.807, 2.05) is 41.3 Å². The number of nitrogens with zero attached hydrogens (tertiary/aromatic N) is 2. The van der Waals surface area contributed by atoms with E-state index >= 15 is 0 Å². The molecule has 1 amide bonds. The largest absolute Gasteiger partial charge is 0.497 e. The molecule has 1 aromatic heterocycles. The van der Waals surface area contributed by atoms with E-state index in [1.165, 1.54) is 5.56 Å². The number of methoxy groups -OCH3 is 1. The molecule has 7 nitrogen and oxygen atoms in total. The van der Waals surface area contributed by atoms with Crippen LogP contribution in [-0.2, 0) is 11.2 Å². The minimum atomic E-state index is -0.281. The Morgan fingerprint density at radius 1 is 1.00 bits per heavy atom. The molecular formula is C31H34ClN3O4. The van der Waals surface area contributed by atoms with Crippen molar-refractivity contribution in [2.75, 3.05) is 47.5 Å². The molecule has 1 N–H and O–H groups in total. The van der Waals surface area contributed by atoms with Gasteiger partial charge in [0.2, 0.25) is 0 Å². The summed E-state index contributed by atoms with van der Waals surface area (Å²) >= 11 is 5.99. The number of carbonyl (C=O) groups is 1. The van der Waals surface area contributed by atoms with Crippen molar-refractivity contribution >= 4 is 28.4 Å². The van der Waals surface area contributed by atoms with E-state index < -0.39 is 0 Å². The average molecular weight is 548 g/mol. The van der Waals surface area contributed by atoms with Crippen molar-refractivity contribution in [2.45, 2.75) is 18.9 Å². The summed E-state index contributed by atoms with van der Waals surface area (Å²) in [5, 5.41) is 1.75. The molecule has 39 heavy (non-hydrogen) atoms. The number of amides is 1. The van der Waals surface area contributed by atoms with Crippen LogP contribution in [0.4, 0.5) is 0 Å². The molecule has 0 bridgehead atoms. The van der Waals surface area contributed by atoms with Gasteiger partial charge in [-0.15, -0.1) is 0 Å². The third-order valence-electron chi connectivity index (χ3n) is 7.04. The number of halogens is 1. The zero-order valence-corrected chi connectivity index (χ0v) is 23.3. The first kappa shape index (κ1) is 26.9. The number of hydrogen-bond acceptors (Lipinski definition) is 5. The van der Waals surface area contributed by atoms with E-state index in [1.54, 1.807) is 31.4 Å². The molecule has 3 aromatic carbocycles. The van der Waals surface area contributed by atoms with Gasteiger partial charge in [-0.05, 0) is 92.7 Å². The maximum atomic E-state index is 13.6. The normalized spacial score (nSPS) is 14.9. The Hall–Kier alpha value is -3.68. The molecule has 0 aliphatic carbocycles. The van der Waals surface area contributed by atoms with Crippen molar-refractivity contribution in [1.29, 1.82) is 0 Å². The number of rotatable bonds is 10. The zero-order chi connectivity index (χ0) is 27.4. The van der Waals surface area contributed by atoms with Gasteiger partial charge in [0.25, 0.3) is 5.91 Å². The van der Waals surface area contributed by atoms with Crippen LogP contribution in [0.3, 0.4) is 0 Å². The molecular weight excluding hydrogens is 514 g/mol. The van der Waals surface area contributed by atoms with Crippen molar-refractivity contribution in [1.82, 2.24) is 14.8 Å². The predicted molar refractivity (Wildman–Crippen MR) is 154 cm³/mol. The monoisotopic (exact) mass is 547 g/mol. The number of nitrogens with one attached hydrogen (secondary N) is 1. The topological polar surface area (TPSA) is 67.0 Å². The number of carbonyl (C=O) groups excluding carboxylic acids is 1. The first-order chi connectivity index (χ1) is 18.9. The van der Waals surface area contributed by atoms with Crippen LogP contribution in [0.15, 0.2) is 66.7 Å². The second-order valence-corrected chi connectivity index (χ2v) is 10.4. The molecule has 1 aliphatic rings. The fraction of sp³-hybridized carbons (Fsp3) is 0.323. The van der Waals surface area contributed by atoms with Crippen molar-refractivity contribution in [3.05, 3.63) is 88.6 Å². The lowest BCUT2D eigenvalue weighted by molar-refractivity contribution is -0.135. The Morgan fingerprint density at radius 3 is 2.41 bits per heavy atom. The van der Waals surface area contributed by atoms with Gasteiger partial charge in [-0.1, -0.05) is 23.7 Å². The van der Waals surface area contributed by atoms with Crippen LogP contribution in [0.1, 0.15) is 29.3 Å². The van der Waals surface area contributed by atoms with Crippen molar-refractivity contribution in [3.63, 3.8) is 0 Å². The average Bonchev–Trinajstić information content (AvgIpc) is 3.32. The van der Waals surface area contributed by atoms with Crippen molar-refractivity contribution in [2.24, 2.45) is 0 Å². The molecule has 8 heteroatoms. The predicted octanol–water partition coefficient (Wildman–Crippen LogP) is 5.71. The van der Waals surface area contributed by atoms with Gasteiger partial charge < -0.3 is 29.0 Å². The number of benzene rings is 3. The minimum Gasteiger partial charge on any atom is -0.497 e. The Bertz CT molecular complexity index is 1420. The van der Waals surface area contributed by atoms with Crippen LogP contribution in [0.25, 0.3) is 10.9 Å². The van der Waals surface area contributed by atoms with Gasteiger partial charge >= 0.3 is 0 Å². The molecule has 0 saturated carbocycles. The molecule has 0 saturated heterocycles. The molecule has 0 radical (unpaired) electrons. The van der Waals surface area contributed by atoms with E-state index in [0.717, 1.165) is 53.0 Å². The highest BCUT2D eigenvalue weighted by molar-refractivity contribution is 6.30. The number of fused-ring (bicyclic) bond motifs is 3. The fourth-order valence-electron chi connectivity index (χ4n) is 5.09. The summed E-state index contributed by atoms with van der Waals surface area (Å²) in [6.45, 7) is 2.15. The Balaban J connectivity index is 1.42. The van der Waals surface area contributed by atoms with E-state index in [9.17, 15) is 4.79 Å². The smallest absolute Gasteiger partial charge is 0.261 e. The van der Waals surface area contributed by atoms with Crippen molar-refractivity contribution < 1.29 is 19.0 Å². The standard InChI is InChI=1S/C31H34ClN3O4/c1-34(2)16-4-18-38-23-9-5-21(6-10-23)31-30-26(27-19-25(37-3)13-14-28(27)33-30)15-17-35(31)29(36)20-39-24-11-7-22(32)8-12-24/h5-14,19,31,33H,4,15-18,20H2,1-3H3/t31-/m1/s1. The Kier molecular flexibility index (Phi) is 8.29. The Morgan fingerprint density at radius 2 is 1.69 bits per heavy atom. The number of aromatic nitrogens is 1. The summed E-state index contributed by atoms with van der Waals surface area (Å²) in [5.74, 6) is 2.15. The van der Waals surface area contributed by atoms with E-state index in [4.69, 9.17) is 25.8 Å². The lowest BCUT2D eigenvalue weighted by atomic mass is 9.92. The number of hydrogen-bond donors (Lipinski definition) is 1. The third kappa shape index (κ3) is 6.15. The van der Waals surface area contributed by atoms with Crippen LogP contribution in [0, 0.1) is 0 Å². The molecule has 2 heterocycles. The van der Waals surface area contributed by atoms with Crippen LogP contribution in [-0.4, -0.2) is 68.2 Å². The molecule has 0 spiro atoms. The van der Waals surface area contributed by atoms with Gasteiger partial charge in [-0.2, -0.15) is 0 Å². The zero-order valence-electron chi connectivity index (χ0n) is 22.6. The summed E-state index contributed by atoms with van der Waals surface area (Å²) in [7, 11) is 5.79. The second-order valence-electron chi connectivity index (χ2n) is 9.99. The number of aromatic amines is 1. The summed E-state index contributed by atoms with van der Waals surface area (Å²) in [6.07, 6.45) is 1.69. The Labute approximate surface area is 234 Å². The maximum Gasteiger partial charge on any atom is 0.261 e. The van der Waals surface area contributed by atoms with E-state index in [0.29, 0.717) is 23.9 Å². The summed E-state index contributed by atoms with van der Waals surface area (Å²) < 4.78 is 17.3. The van der Waals surface area contributed by atoms with Gasteiger partial charge in [-0.3, -0.25) is 4.79 Å². The van der Waals surface area contributed by atoms with Gasteiger partial charge in [0.05, 0.1) is 19.8 Å². The molecule has 0 unspecified atom stereocenters. The molecule has 0 fully saturated rings. The molecule has 5 rings (SSSR count). The van der Waals surface area contributed by atoms with Gasteiger partial charge in [0.15, 0.2) is 6.61 Å². The molecule has 4 aromatic rings. The van der Waals surface area contributed by atoms with Crippen LogP contribution in [0.5, 0.6) is 17.2 Å². The van der Waals surface area contributed by atoms with Gasteiger partial charge in [-0.25, -0.2) is 0 Å². The van der Waals surface area contributed by atoms with Gasteiger partial charge in [0, 0.05) is 34.7 Å². The van der Waals surface area contributed by atoms with Crippen LogP contribution < -0.4 is 14.2 Å². The van der Waals surface area contributed by atoms with E-state index in [-0.39, 0.29) is 18.6 Å². The minimum absolute atomic E-state index is 0.0609. The summed E-state index contributed by atoms with van der Waals surface area (Å²) in [4.78, 5) is 21.2. The number of ether oxygens (including phenoxy) is 3. The summed E-state index contributed by atoms with van der Waals surface area (Å²) in [5.41, 5.74) is 4.26. The molecule has 1 aliphatic heterocycles. The lowest BCUT2D eigenvalue weighted by Gasteiger charge is -2.36. The third-order valence-corrected chi connectivity index (χ3v) is 7.30. The molecule has 1 atom stereocenters. The highest BCUT2D eigenvalue weighted by Crippen LogP contribution is 2.40. The lowest BCUT2D eigenvalue weighted by Crippen LogP contribution is -2.42. The van der Waals surface area contributed by atoms with Crippen LogP contribution in [0.2, 0.25) is 5.02 Å². The highest BCUT2D eigenvalue weighted by atomic mass is 35.5. The fourth-order valence-corrected chi connectivity index (χ4v) is 5.21. The first-order valence-corrected chi connectivity index (χ1v) is 13.5.